The number of nitrogens with one attached hydrogen (secondary N) is 2. The minimum Gasteiger partial charge on any atom is -0.496 e. The molecule has 0 spiro atoms. The highest BCUT2D eigenvalue weighted by Gasteiger charge is 2.58. The molecule has 14 heteroatoms. The lowest BCUT2D eigenvalue weighted by molar-refractivity contribution is -0.278. The molecule has 3 N–H and O–H groups in total. The molecule has 1 aromatic carbocycles. The topological polar surface area (TPSA) is 138 Å². The van der Waals surface area contributed by atoms with E-state index in [4.69, 9.17) is 9.47 Å². The Kier molecular flexibility index (Phi) is 8.62. The monoisotopic (exact) mass is 601 g/mol. The van der Waals surface area contributed by atoms with Gasteiger partial charge in [-0.25, -0.2) is 0 Å². The van der Waals surface area contributed by atoms with E-state index in [9.17, 15) is 46.7 Å². The lowest BCUT2D eigenvalue weighted by atomic mass is 9.75. The van der Waals surface area contributed by atoms with Crippen LogP contribution in [0, 0.1) is 34.5 Å². The van der Waals surface area contributed by atoms with Crippen molar-refractivity contribution in [3.63, 3.8) is 0 Å². The van der Waals surface area contributed by atoms with Crippen molar-refractivity contribution in [1.29, 1.82) is 5.26 Å². The molecule has 3 aliphatic rings. The quantitative estimate of drug-likeness (QED) is 0.356. The number of carboxylic acids is 1. The normalized spacial score (nSPS) is 29.0. The van der Waals surface area contributed by atoms with E-state index in [1.807, 2.05) is 6.07 Å². The summed E-state index contributed by atoms with van der Waals surface area (Å²) < 4.78 is 76.0. The second kappa shape index (κ2) is 11.6. The summed E-state index contributed by atoms with van der Waals surface area (Å²) in [5.41, 5.74) is -0.824. The first kappa shape index (κ1) is 31.3. The maximum Gasteiger partial charge on any atom is 0.455 e. The first-order valence-electron chi connectivity index (χ1n) is 13.7. The largest absolute Gasteiger partial charge is 0.496 e. The van der Waals surface area contributed by atoms with E-state index in [1.54, 1.807) is 12.2 Å². The number of amides is 2. The highest BCUT2D eigenvalue weighted by molar-refractivity contribution is 5.98. The Bertz CT molecular complexity index is 1270. The molecule has 0 radical (unpaired) electrons. The van der Waals surface area contributed by atoms with Crippen LogP contribution in [0.5, 0.6) is 11.5 Å². The molecule has 0 aromatic heterocycles. The highest BCUT2D eigenvalue weighted by atomic mass is 19.4. The number of ether oxygens (including phenoxy) is 2. The number of rotatable bonds is 9. The molecule has 230 valence electrons. The summed E-state index contributed by atoms with van der Waals surface area (Å²) in [4.78, 5) is 37.9. The molecule has 42 heavy (non-hydrogen) atoms. The number of nitrogens with zero attached hydrogens (tertiary/aromatic N) is 1. The van der Waals surface area contributed by atoms with Gasteiger partial charge in [-0.05, 0) is 69.8 Å². The Morgan fingerprint density at radius 2 is 1.71 bits per heavy atom. The van der Waals surface area contributed by atoms with Crippen molar-refractivity contribution in [1.82, 2.24) is 10.6 Å². The zero-order valence-electron chi connectivity index (χ0n) is 23.0. The number of halogens is 5. The Balaban J connectivity index is 1.51. The maximum absolute atomic E-state index is 13.5. The molecule has 0 saturated heterocycles. The van der Waals surface area contributed by atoms with Crippen LogP contribution < -0.4 is 20.1 Å². The number of fused-ring (bicyclic) bond motifs is 2. The fourth-order valence-electron chi connectivity index (χ4n) is 6.35. The van der Waals surface area contributed by atoms with E-state index in [0.29, 0.717) is 44.9 Å². The number of nitriles is 1. The van der Waals surface area contributed by atoms with Crippen LogP contribution >= 0.6 is 0 Å². The molecule has 0 heterocycles. The van der Waals surface area contributed by atoms with E-state index in [0.717, 1.165) is 0 Å². The molecule has 9 nitrogen and oxygen atoms in total. The van der Waals surface area contributed by atoms with E-state index < -0.39 is 59.9 Å². The maximum atomic E-state index is 13.5. The standard InChI is InChI=1S/C28H32F5N3O6/c1-26(25(39)40)7-5-17(6-8-26)42-19-11-18(20(41-2)10-16(19)12-34)23(37)36-22-15-4-3-14(9-15)21(22)24(38)35-13-27(29,30)28(31,32)33/h10-11,14-15,17,21-22H,3-9,13H2,1-2H3,(H,35,38)(H,36,37)(H,39,40)/t14-,15+,17-,21+,22-,26+/m1/s1. The number of methoxy groups -OCH3 is 1. The third-order valence-corrected chi connectivity index (χ3v) is 8.93. The van der Waals surface area contributed by atoms with Crippen molar-refractivity contribution in [3.05, 3.63) is 23.3 Å². The number of hydrogen-bond acceptors (Lipinski definition) is 6. The van der Waals surface area contributed by atoms with E-state index in [1.165, 1.54) is 19.2 Å². The van der Waals surface area contributed by atoms with Gasteiger partial charge in [-0.15, -0.1) is 0 Å². The lowest BCUT2D eigenvalue weighted by Crippen LogP contribution is -2.53. The van der Waals surface area contributed by atoms with Gasteiger partial charge in [0.05, 0.1) is 42.2 Å². The molecule has 2 amide bonds. The fourth-order valence-corrected chi connectivity index (χ4v) is 6.35. The molecule has 1 aromatic rings. The SMILES string of the molecule is COc1cc(C#N)c(O[C@H]2CC[C@@](C)(C(=O)O)CC2)cc1C(=O)N[C@@H]1[C@H]2CC[C@H](C2)[C@@H]1C(=O)NCC(F)(F)C(F)(F)F. The average molecular weight is 602 g/mol. The molecule has 2 bridgehead atoms. The van der Waals surface area contributed by atoms with Gasteiger partial charge in [0.2, 0.25) is 5.91 Å². The number of carbonyl (C=O) groups is 3. The Morgan fingerprint density at radius 1 is 1.07 bits per heavy atom. The Labute approximate surface area is 238 Å². The summed E-state index contributed by atoms with van der Waals surface area (Å²) in [5.74, 6) is -9.02. The van der Waals surface area contributed by atoms with Gasteiger partial charge in [0, 0.05) is 12.1 Å². The molecule has 3 saturated carbocycles. The third-order valence-electron chi connectivity index (χ3n) is 8.93. The lowest BCUT2D eigenvalue weighted by Gasteiger charge is -2.34. The van der Waals surface area contributed by atoms with Gasteiger partial charge in [-0.1, -0.05) is 0 Å². The van der Waals surface area contributed by atoms with Crippen LogP contribution in [0.4, 0.5) is 22.0 Å². The number of hydrogen-bond donors (Lipinski definition) is 3. The van der Waals surface area contributed by atoms with Gasteiger partial charge < -0.3 is 25.2 Å². The van der Waals surface area contributed by atoms with Crippen LogP contribution in [0.1, 0.15) is 67.8 Å². The van der Waals surface area contributed by atoms with Crippen molar-refractivity contribution in [2.24, 2.45) is 23.2 Å². The van der Waals surface area contributed by atoms with Crippen molar-refractivity contribution in [3.8, 4) is 17.6 Å². The summed E-state index contributed by atoms with van der Waals surface area (Å²) in [5, 5.41) is 23.6. The number of benzene rings is 1. The summed E-state index contributed by atoms with van der Waals surface area (Å²) in [6.07, 6.45) is -2.94. The fraction of sp³-hybridized carbons (Fsp3) is 0.643. The van der Waals surface area contributed by atoms with Gasteiger partial charge in [0.25, 0.3) is 5.91 Å². The molecule has 4 rings (SSSR count). The van der Waals surface area contributed by atoms with E-state index >= 15 is 0 Å². The molecule has 3 fully saturated rings. The Hall–Kier alpha value is -3.63. The van der Waals surface area contributed by atoms with Crippen LogP contribution in [-0.4, -0.2) is 60.8 Å². The van der Waals surface area contributed by atoms with Gasteiger partial charge >= 0.3 is 18.1 Å². The molecule has 4 atom stereocenters. The van der Waals surface area contributed by atoms with E-state index in [-0.39, 0.29) is 34.5 Å². The first-order chi connectivity index (χ1) is 19.6. The van der Waals surface area contributed by atoms with Crippen molar-refractivity contribution in [2.75, 3.05) is 13.7 Å². The number of carboxylic acid groups (broad SMARTS) is 1. The average Bonchev–Trinajstić information content (AvgIpc) is 3.54. The van der Waals surface area contributed by atoms with Crippen LogP contribution in [-0.2, 0) is 9.59 Å². The zero-order valence-corrected chi connectivity index (χ0v) is 23.0. The van der Waals surface area contributed by atoms with Crippen LogP contribution in [0.15, 0.2) is 12.1 Å². The van der Waals surface area contributed by atoms with Gasteiger partial charge in [-0.3, -0.25) is 14.4 Å². The minimum atomic E-state index is -5.82. The summed E-state index contributed by atoms with van der Waals surface area (Å²) in [6, 6.07) is 3.82. The number of aliphatic carboxylic acids is 1. The van der Waals surface area contributed by atoms with Crippen LogP contribution in [0.2, 0.25) is 0 Å². The minimum absolute atomic E-state index is 0.0248. The smallest absolute Gasteiger partial charge is 0.455 e. The molecule has 0 unspecified atom stereocenters. The van der Waals surface area contributed by atoms with Crippen LogP contribution in [0.25, 0.3) is 0 Å². The van der Waals surface area contributed by atoms with Crippen molar-refractivity contribution in [2.45, 2.75) is 76.1 Å². The van der Waals surface area contributed by atoms with Crippen molar-refractivity contribution >= 4 is 17.8 Å². The summed E-state index contributed by atoms with van der Waals surface area (Å²) in [7, 11) is 1.29. The second-order valence-electron chi connectivity index (χ2n) is 11.6. The Morgan fingerprint density at radius 3 is 2.29 bits per heavy atom. The molecule has 3 aliphatic carbocycles. The molecular formula is C28H32F5N3O6. The predicted octanol–water partition coefficient (Wildman–Crippen LogP) is 4.44. The van der Waals surface area contributed by atoms with Gasteiger partial charge in [-0.2, -0.15) is 27.2 Å². The zero-order chi connectivity index (χ0) is 31.0. The second-order valence-corrected chi connectivity index (χ2v) is 11.6. The van der Waals surface area contributed by atoms with Gasteiger partial charge in [0.1, 0.15) is 17.6 Å². The number of carbonyl (C=O) groups excluding carboxylic acids is 2. The third kappa shape index (κ3) is 6.10. The molecule has 0 aliphatic heterocycles. The first-order valence-corrected chi connectivity index (χ1v) is 13.7. The van der Waals surface area contributed by atoms with Crippen molar-refractivity contribution < 1.29 is 50.9 Å². The summed E-state index contributed by atoms with van der Waals surface area (Å²) in [6.45, 7) is -0.242. The number of alkyl halides is 5. The van der Waals surface area contributed by atoms with E-state index in [2.05, 4.69) is 5.32 Å². The van der Waals surface area contributed by atoms with Gasteiger partial charge in [0.15, 0.2) is 0 Å². The summed E-state index contributed by atoms with van der Waals surface area (Å²) >= 11 is 0. The van der Waals surface area contributed by atoms with Crippen LogP contribution in [0.3, 0.4) is 0 Å². The highest BCUT2D eigenvalue weighted by Crippen LogP contribution is 2.49. The predicted molar refractivity (Wildman–Crippen MR) is 136 cm³/mol. The molecular weight excluding hydrogens is 569 g/mol.